The summed E-state index contributed by atoms with van der Waals surface area (Å²) in [7, 11) is 0. The summed E-state index contributed by atoms with van der Waals surface area (Å²) in [5.41, 5.74) is -0.652. The second-order valence-electron chi connectivity index (χ2n) is 6.92. The van der Waals surface area contributed by atoms with E-state index in [9.17, 15) is 10.2 Å². The lowest BCUT2D eigenvalue weighted by Gasteiger charge is -2.36. The number of hydrogen-bond acceptors (Lipinski definition) is 3. The Hall–Kier alpha value is -0.120. The summed E-state index contributed by atoms with van der Waals surface area (Å²) < 4.78 is 0. The fraction of sp³-hybridized carbons (Fsp3) is 1.00. The predicted octanol–water partition coefficient (Wildman–Crippen LogP) is 1.92. The molecule has 0 bridgehead atoms. The average molecular weight is 243 g/mol. The third-order valence-corrected chi connectivity index (χ3v) is 4.00. The zero-order chi connectivity index (χ0) is 13.1. The van der Waals surface area contributed by atoms with Gasteiger partial charge in [0.2, 0.25) is 0 Å². The summed E-state index contributed by atoms with van der Waals surface area (Å²) in [5.74, 6) is 0.746. The third-order valence-electron chi connectivity index (χ3n) is 4.00. The van der Waals surface area contributed by atoms with Gasteiger partial charge in [-0.1, -0.05) is 27.7 Å². The van der Waals surface area contributed by atoms with Gasteiger partial charge in [0.1, 0.15) is 0 Å². The Morgan fingerprint density at radius 1 is 1.29 bits per heavy atom. The van der Waals surface area contributed by atoms with Crippen LogP contribution in [0.5, 0.6) is 0 Å². The van der Waals surface area contributed by atoms with Crippen LogP contribution in [0, 0.1) is 11.3 Å². The normalized spacial score (nSPS) is 32.5. The van der Waals surface area contributed by atoms with Crippen LogP contribution in [0.15, 0.2) is 0 Å². The van der Waals surface area contributed by atoms with Crippen LogP contribution in [0.3, 0.4) is 0 Å². The minimum absolute atomic E-state index is 0.100. The highest BCUT2D eigenvalue weighted by Gasteiger charge is 2.32. The van der Waals surface area contributed by atoms with Crippen LogP contribution in [0.4, 0.5) is 0 Å². The van der Waals surface area contributed by atoms with Crippen molar-refractivity contribution < 1.29 is 10.2 Å². The van der Waals surface area contributed by atoms with Gasteiger partial charge in [-0.25, -0.2) is 0 Å². The van der Waals surface area contributed by atoms with E-state index in [0.717, 1.165) is 31.6 Å². The zero-order valence-electron chi connectivity index (χ0n) is 11.8. The first-order valence-corrected chi connectivity index (χ1v) is 6.84. The fourth-order valence-corrected chi connectivity index (χ4v) is 2.22. The highest BCUT2D eigenvalue weighted by atomic mass is 16.3. The summed E-state index contributed by atoms with van der Waals surface area (Å²) in [4.78, 5) is 0. The van der Waals surface area contributed by atoms with Gasteiger partial charge in [-0.2, -0.15) is 0 Å². The molecule has 3 heteroatoms. The molecule has 0 heterocycles. The fourth-order valence-electron chi connectivity index (χ4n) is 2.22. The van der Waals surface area contributed by atoms with E-state index in [1.165, 1.54) is 0 Å². The number of hydrogen-bond donors (Lipinski definition) is 3. The molecule has 3 nitrogen and oxygen atoms in total. The SMILES string of the molecule is CC1CCC(O)(CNCC(O)C(C)(C)C)CC1. The summed E-state index contributed by atoms with van der Waals surface area (Å²) >= 11 is 0. The zero-order valence-corrected chi connectivity index (χ0v) is 11.8. The minimum Gasteiger partial charge on any atom is -0.391 e. The second kappa shape index (κ2) is 5.68. The van der Waals surface area contributed by atoms with Crippen molar-refractivity contribution in [2.24, 2.45) is 11.3 Å². The molecule has 0 aromatic heterocycles. The van der Waals surface area contributed by atoms with Gasteiger partial charge in [-0.3, -0.25) is 0 Å². The Bertz CT molecular complexity index is 227. The molecule has 1 saturated carbocycles. The molecule has 1 fully saturated rings. The van der Waals surface area contributed by atoms with Gasteiger partial charge in [0, 0.05) is 13.1 Å². The topological polar surface area (TPSA) is 52.5 Å². The lowest BCUT2D eigenvalue weighted by atomic mass is 9.79. The van der Waals surface area contributed by atoms with E-state index in [1.54, 1.807) is 0 Å². The first-order chi connectivity index (χ1) is 7.73. The maximum atomic E-state index is 10.4. The van der Waals surface area contributed by atoms with Crippen LogP contribution in [0.2, 0.25) is 0 Å². The van der Waals surface area contributed by atoms with Crippen molar-refractivity contribution in [3.63, 3.8) is 0 Å². The quantitative estimate of drug-likeness (QED) is 0.707. The second-order valence-corrected chi connectivity index (χ2v) is 6.92. The molecular formula is C14H29NO2. The third kappa shape index (κ3) is 4.94. The van der Waals surface area contributed by atoms with Crippen molar-refractivity contribution in [3.05, 3.63) is 0 Å². The van der Waals surface area contributed by atoms with Crippen molar-refractivity contribution in [2.45, 2.75) is 65.1 Å². The predicted molar refractivity (Wildman–Crippen MR) is 70.9 cm³/mol. The molecule has 0 saturated heterocycles. The number of aliphatic hydroxyl groups excluding tert-OH is 1. The molecule has 1 atom stereocenters. The molecule has 1 aliphatic carbocycles. The molecule has 1 rings (SSSR count). The van der Waals surface area contributed by atoms with E-state index in [-0.39, 0.29) is 11.5 Å². The smallest absolute Gasteiger partial charge is 0.0771 e. The van der Waals surface area contributed by atoms with Crippen LogP contribution < -0.4 is 5.32 Å². The van der Waals surface area contributed by atoms with Gasteiger partial charge in [0.25, 0.3) is 0 Å². The Labute approximate surface area is 106 Å². The first-order valence-electron chi connectivity index (χ1n) is 6.84. The average Bonchev–Trinajstić information content (AvgIpc) is 2.21. The molecule has 17 heavy (non-hydrogen) atoms. The van der Waals surface area contributed by atoms with Crippen LogP contribution in [-0.4, -0.2) is 35.0 Å². The highest BCUT2D eigenvalue weighted by Crippen LogP contribution is 2.31. The molecule has 0 aromatic carbocycles. The van der Waals surface area contributed by atoms with E-state index in [1.807, 2.05) is 20.8 Å². The largest absolute Gasteiger partial charge is 0.391 e. The molecule has 1 aliphatic rings. The molecular weight excluding hydrogens is 214 g/mol. The standard InChI is InChI=1S/C14H29NO2/c1-11-5-7-14(17,8-6-11)10-15-9-12(16)13(2,3)4/h11-12,15-17H,5-10H2,1-4H3. The van der Waals surface area contributed by atoms with Gasteiger partial charge in [0.15, 0.2) is 0 Å². The summed E-state index contributed by atoms with van der Waals surface area (Å²) in [6, 6.07) is 0. The molecule has 3 N–H and O–H groups in total. The Kier molecular flexibility index (Phi) is 4.99. The molecule has 0 aliphatic heterocycles. The van der Waals surface area contributed by atoms with Gasteiger partial charge < -0.3 is 15.5 Å². The van der Waals surface area contributed by atoms with Crippen molar-refractivity contribution in [1.29, 1.82) is 0 Å². The van der Waals surface area contributed by atoms with E-state index >= 15 is 0 Å². The van der Waals surface area contributed by atoms with Crippen LogP contribution in [-0.2, 0) is 0 Å². The Morgan fingerprint density at radius 2 is 1.82 bits per heavy atom. The molecule has 0 amide bonds. The number of nitrogens with one attached hydrogen (secondary N) is 1. The van der Waals surface area contributed by atoms with Gasteiger partial charge in [0.05, 0.1) is 11.7 Å². The lowest BCUT2D eigenvalue weighted by molar-refractivity contribution is -0.0117. The molecule has 102 valence electrons. The summed E-state index contributed by atoms with van der Waals surface area (Å²) in [6.07, 6.45) is 3.62. The Balaban J connectivity index is 2.26. The molecule has 1 unspecified atom stereocenters. The van der Waals surface area contributed by atoms with Crippen molar-refractivity contribution >= 4 is 0 Å². The van der Waals surface area contributed by atoms with Crippen molar-refractivity contribution in [2.75, 3.05) is 13.1 Å². The maximum Gasteiger partial charge on any atom is 0.0771 e. The van der Waals surface area contributed by atoms with Gasteiger partial charge in [-0.05, 0) is 37.0 Å². The lowest BCUT2D eigenvalue weighted by Crippen LogP contribution is -2.46. The van der Waals surface area contributed by atoms with Crippen LogP contribution >= 0.6 is 0 Å². The van der Waals surface area contributed by atoms with Crippen LogP contribution in [0.1, 0.15) is 53.4 Å². The van der Waals surface area contributed by atoms with E-state index in [4.69, 9.17) is 0 Å². The van der Waals surface area contributed by atoms with E-state index < -0.39 is 5.60 Å². The minimum atomic E-state index is -0.551. The monoisotopic (exact) mass is 243 g/mol. The van der Waals surface area contributed by atoms with Crippen molar-refractivity contribution in [3.8, 4) is 0 Å². The van der Waals surface area contributed by atoms with E-state index in [0.29, 0.717) is 13.1 Å². The Morgan fingerprint density at radius 3 is 2.29 bits per heavy atom. The van der Waals surface area contributed by atoms with Gasteiger partial charge >= 0.3 is 0 Å². The van der Waals surface area contributed by atoms with Crippen molar-refractivity contribution in [1.82, 2.24) is 5.32 Å². The van der Waals surface area contributed by atoms with Gasteiger partial charge in [-0.15, -0.1) is 0 Å². The van der Waals surface area contributed by atoms with Crippen LogP contribution in [0.25, 0.3) is 0 Å². The van der Waals surface area contributed by atoms with E-state index in [2.05, 4.69) is 12.2 Å². The highest BCUT2D eigenvalue weighted by molar-refractivity contribution is 4.87. The molecule has 0 aromatic rings. The maximum absolute atomic E-state index is 10.4. The molecule has 0 radical (unpaired) electrons. The summed E-state index contributed by atoms with van der Waals surface area (Å²) in [5, 5.41) is 23.5. The summed E-state index contributed by atoms with van der Waals surface area (Å²) in [6.45, 7) is 9.48. The molecule has 0 spiro atoms. The first kappa shape index (κ1) is 14.9. The number of rotatable bonds is 4. The number of aliphatic hydroxyl groups is 2.